The van der Waals surface area contributed by atoms with E-state index in [1.807, 2.05) is 0 Å². The summed E-state index contributed by atoms with van der Waals surface area (Å²) in [5, 5.41) is 6.31. The standard InChI is InChI=1S/C10H18N4O2S/c1-13(8-9-14-6-2-3-7-14)17(15,16)10-4-5-11-12-10/h4-5H,2-3,6-9H2,1H3,(H,11,12). The summed E-state index contributed by atoms with van der Waals surface area (Å²) in [6, 6.07) is 1.47. The first-order valence-corrected chi connectivity index (χ1v) is 7.23. The maximum absolute atomic E-state index is 12.0. The number of likely N-dealkylation sites (N-methyl/N-ethyl adjacent to an activating group) is 1. The second-order valence-corrected chi connectivity index (χ2v) is 6.31. The van der Waals surface area contributed by atoms with Crippen molar-refractivity contribution in [3.05, 3.63) is 12.3 Å². The van der Waals surface area contributed by atoms with E-state index < -0.39 is 10.0 Å². The summed E-state index contributed by atoms with van der Waals surface area (Å²) in [6.45, 7) is 3.47. The second kappa shape index (κ2) is 5.16. The van der Waals surface area contributed by atoms with Gasteiger partial charge in [-0.1, -0.05) is 0 Å². The molecule has 2 heterocycles. The molecule has 1 fully saturated rings. The largest absolute Gasteiger partial charge is 0.302 e. The lowest BCUT2D eigenvalue weighted by molar-refractivity contribution is 0.309. The van der Waals surface area contributed by atoms with Gasteiger partial charge in [0.05, 0.1) is 6.20 Å². The molecule has 17 heavy (non-hydrogen) atoms. The van der Waals surface area contributed by atoms with E-state index in [4.69, 9.17) is 0 Å². The Morgan fingerprint density at radius 2 is 2.18 bits per heavy atom. The number of nitrogens with one attached hydrogen (secondary N) is 1. The number of likely N-dealkylation sites (tertiary alicyclic amines) is 1. The topological polar surface area (TPSA) is 69.3 Å². The van der Waals surface area contributed by atoms with E-state index in [0.717, 1.165) is 19.6 Å². The van der Waals surface area contributed by atoms with Crippen molar-refractivity contribution >= 4 is 10.0 Å². The molecule has 6 nitrogen and oxygen atoms in total. The van der Waals surface area contributed by atoms with Crippen LogP contribution in [-0.2, 0) is 10.0 Å². The van der Waals surface area contributed by atoms with Crippen molar-refractivity contribution in [1.82, 2.24) is 19.4 Å². The number of nitrogens with zero attached hydrogens (tertiary/aromatic N) is 3. The highest BCUT2D eigenvalue weighted by molar-refractivity contribution is 7.89. The lowest BCUT2D eigenvalue weighted by Gasteiger charge is -2.20. The van der Waals surface area contributed by atoms with Gasteiger partial charge < -0.3 is 4.90 Å². The Kier molecular flexibility index (Phi) is 3.80. The summed E-state index contributed by atoms with van der Waals surface area (Å²) in [7, 11) is -1.80. The Labute approximate surface area is 102 Å². The number of H-pyrrole nitrogens is 1. The fourth-order valence-electron chi connectivity index (χ4n) is 1.96. The SMILES string of the molecule is CN(CCN1CCCC1)S(=O)(=O)c1ccn[nH]1. The normalized spacial score (nSPS) is 18.0. The van der Waals surface area contributed by atoms with Crippen LogP contribution in [-0.4, -0.2) is 61.0 Å². The number of hydrogen-bond acceptors (Lipinski definition) is 4. The van der Waals surface area contributed by atoms with Crippen molar-refractivity contribution < 1.29 is 8.42 Å². The monoisotopic (exact) mass is 258 g/mol. The third-order valence-corrected chi connectivity index (χ3v) is 4.88. The third kappa shape index (κ3) is 2.85. The molecule has 1 aromatic heterocycles. The molecule has 0 saturated carbocycles. The van der Waals surface area contributed by atoms with E-state index in [1.165, 1.54) is 29.4 Å². The first kappa shape index (κ1) is 12.5. The minimum absolute atomic E-state index is 0.154. The molecule has 7 heteroatoms. The molecule has 0 unspecified atom stereocenters. The van der Waals surface area contributed by atoms with Gasteiger partial charge in [-0.2, -0.15) is 9.40 Å². The molecule has 0 aliphatic carbocycles. The molecule has 1 N–H and O–H groups in total. The number of aromatic nitrogens is 2. The highest BCUT2D eigenvalue weighted by atomic mass is 32.2. The molecule has 0 aromatic carbocycles. The van der Waals surface area contributed by atoms with E-state index in [1.54, 1.807) is 7.05 Å². The molecule has 1 saturated heterocycles. The summed E-state index contributed by atoms with van der Waals surface area (Å²) in [6.07, 6.45) is 3.88. The fourth-order valence-corrected chi connectivity index (χ4v) is 3.02. The van der Waals surface area contributed by atoms with Gasteiger partial charge in [-0.05, 0) is 32.0 Å². The summed E-state index contributed by atoms with van der Waals surface area (Å²) in [5.41, 5.74) is 0. The molecule has 0 radical (unpaired) electrons. The van der Waals surface area contributed by atoms with E-state index in [2.05, 4.69) is 15.1 Å². The highest BCUT2D eigenvalue weighted by Crippen LogP contribution is 2.11. The zero-order valence-electron chi connectivity index (χ0n) is 9.96. The van der Waals surface area contributed by atoms with Gasteiger partial charge in [-0.15, -0.1) is 0 Å². The Morgan fingerprint density at radius 3 is 2.76 bits per heavy atom. The fraction of sp³-hybridized carbons (Fsp3) is 0.700. The van der Waals surface area contributed by atoms with Gasteiger partial charge in [0.2, 0.25) is 0 Å². The maximum Gasteiger partial charge on any atom is 0.259 e. The molecular formula is C10H18N4O2S. The van der Waals surface area contributed by atoms with Crippen LogP contribution < -0.4 is 0 Å². The van der Waals surface area contributed by atoms with Crippen LogP contribution in [0.25, 0.3) is 0 Å². The molecule has 2 rings (SSSR count). The zero-order valence-corrected chi connectivity index (χ0v) is 10.8. The third-order valence-electron chi connectivity index (χ3n) is 3.09. The summed E-state index contributed by atoms with van der Waals surface area (Å²) < 4.78 is 25.4. The predicted octanol–water partition coefficient (Wildman–Crippen LogP) is 0.126. The van der Waals surface area contributed by atoms with E-state index >= 15 is 0 Å². The van der Waals surface area contributed by atoms with Crippen LogP contribution in [0.15, 0.2) is 17.3 Å². The Bertz CT molecular complexity index is 437. The van der Waals surface area contributed by atoms with Crippen molar-refractivity contribution in [1.29, 1.82) is 0 Å². The van der Waals surface area contributed by atoms with Crippen LogP contribution in [0, 0.1) is 0 Å². The minimum atomic E-state index is -3.40. The second-order valence-electron chi connectivity index (χ2n) is 4.30. The van der Waals surface area contributed by atoms with Gasteiger partial charge in [-0.25, -0.2) is 8.42 Å². The quantitative estimate of drug-likeness (QED) is 0.815. The molecular weight excluding hydrogens is 240 g/mol. The molecule has 1 aliphatic heterocycles. The zero-order chi connectivity index (χ0) is 12.3. The highest BCUT2D eigenvalue weighted by Gasteiger charge is 2.22. The number of rotatable bonds is 5. The van der Waals surface area contributed by atoms with Gasteiger partial charge in [0.1, 0.15) is 0 Å². The molecule has 0 atom stereocenters. The van der Waals surface area contributed by atoms with Crippen LogP contribution in [0.4, 0.5) is 0 Å². The van der Waals surface area contributed by atoms with Gasteiger partial charge in [0.25, 0.3) is 10.0 Å². The van der Waals surface area contributed by atoms with Gasteiger partial charge in [-0.3, -0.25) is 5.10 Å². The lowest BCUT2D eigenvalue weighted by Crippen LogP contribution is -2.35. The maximum atomic E-state index is 12.0. The van der Waals surface area contributed by atoms with E-state index in [0.29, 0.717) is 6.54 Å². The molecule has 96 valence electrons. The molecule has 0 amide bonds. The number of aromatic amines is 1. The van der Waals surface area contributed by atoms with E-state index in [9.17, 15) is 8.42 Å². The van der Waals surface area contributed by atoms with Gasteiger partial charge in [0, 0.05) is 20.1 Å². The van der Waals surface area contributed by atoms with Crippen molar-refractivity contribution in [2.45, 2.75) is 17.9 Å². The van der Waals surface area contributed by atoms with Gasteiger partial charge >= 0.3 is 0 Å². The van der Waals surface area contributed by atoms with E-state index in [-0.39, 0.29) is 5.03 Å². The lowest BCUT2D eigenvalue weighted by atomic mass is 10.4. The molecule has 1 aromatic rings. The van der Waals surface area contributed by atoms with Crippen LogP contribution in [0.5, 0.6) is 0 Å². The average Bonchev–Trinajstić information content (AvgIpc) is 2.98. The summed E-state index contributed by atoms with van der Waals surface area (Å²) >= 11 is 0. The van der Waals surface area contributed by atoms with Crippen molar-refractivity contribution in [2.75, 3.05) is 33.2 Å². The van der Waals surface area contributed by atoms with Crippen LogP contribution in [0.1, 0.15) is 12.8 Å². The van der Waals surface area contributed by atoms with Crippen molar-refractivity contribution in [2.24, 2.45) is 0 Å². The van der Waals surface area contributed by atoms with Crippen LogP contribution >= 0.6 is 0 Å². The Hall–Kier alpha value is -0.920. The summed E-state index contributed by atoms with van der Waals surface area (Å²) in [5.74, 6) is 0. The van der Waals surface area contributed by atoms with Crippen molar-refractivity contribution in [3.8, 4) is 0 Å². The first-order valence-electron chi connectivity index (χ1n) is 5.79. The van der Waals surface area contributed by atoms with Crippen LogP contribution in [0.2, 0.25) is 0 Å². The predicted molar refractivity (Wildman–Crippen MR) is 64.1 cm³/mol. The Balaban J connectivity index is 1.92. The smallest absolute Gasteiger partial charge is 0.259 e. The Morgan fingerprint density at radius 1 is 1.47 bits per heavy atom. The molecule has 0 spiro atoms. The molecule has 1 aliphatic rings. The van der Waals surface area contributed by atoms with Crippen LogP contribution in [0.3, 0.4) is 0 Å². The first-order chi connectivity index (χ1) is 8.10. The van der Waals surface area contributed by atoms with Gasteiger partial charge in [0.15, 0.2) is 5.03 Å². The van der Waals surface area contributed by atoms with Crippen molar-refractivity contribution in [3.63, 3.8) is 0 Å². The summed E-state index contributed by atoms with van der Waals surface area (Å²) in [4.78, 5) is 2.29. The minimum Gasteiger partial charge on any atom is -0.302 e. The number of sulfonamides is 1. The number of hydrogen-bond donors (Lipinski definition) is 1. The molecule has 0 bridgehead atoms. The average molecular weight is 258 g/mol.